The Morgan fingerprint density at radius 2 is 1.77 bits per heavy atom. The standard InChI is InChI=1S/C25H29N3O2/c1-17-7-10-21(27-18(2)8-9-19(27)3)15-22(17)23-16-30-14-12-20-11-13-26-24(28(20)23)5-4-6-25(26)29/h4-10,15,20,23H,11-14,16H2,1-3H3. The largest absolute Gasteiger partial charge is 0.379 e. The van der Waals surface area contributed by atoms with Gasteiger partial charge in [-0.15, -0.1) is 0 Å². The minimum Gasteiger partial charge on any atom is -0.379 e. The summed E-state index contributed by atoms with van der Waals surface area (Å²) in [4.78, 5) is 15.0. The average molecular weight is 404 g/mol. The summed E-state index contributed by atoms with van der Waals surface area (Å²) < 4.78 is 10.3. The van der Waals surface area contributed by atoms with Gasteiger partial charge in [0.15, 0.2) is 0 Å². The summed E-state index contributed by atoms with van der Waals surface area (Å²) in [7, 11) is 0. The maximum atomic E-state index is 12.5. The van der Waals surface area contributed by atoms with Crippen LogP contribution in [0.25, 0.3) is 5.69 Å². The fourth-order valence-electron chi connectivity index (χ4n) is 5.20. The number of nitrogens with zero attached hydrogens (tertiary/aromatic N) is 3. The van der Waals surface area contributed by atoms with Gasteiger partial charge in [0.2, 0.25) is 0 Å². The van der Waals surface area contributed by atoms with Gasteiger partial charge in [0.25, 0.3) is 5.56 Å². The Balaban J connectivity index is 1.65. The summed E-state index contributed by atoms with van der Waals surface area (Å²) in [5.41, 5.74) is 6.25. The van der Waals surface area contributed by atoms with Crippen LogP contribution >= 0.6 is 0 Å². The highest BCUT2D eigenvalue weighted by atomic mass is 16.5. The van der Waals surface area contributed by atoms with Crippen LogP contribution < -0.4 is 10.5 Å². The lowest BCUT2D eigenvalue weighted by molar-refractivity contribution is 0.133. The highest BCUT2D eigenvalue weighted by Gasteiger charge is 2.35. The van der Waals surface area contributed by atoms with Gasteiger partial charge < -0.3 is 14.2 Å². The molecule has 1 aromatic carbocycles. The lowest BCUT2D eigenvalue weighted by atomic mass is 9.96. The van der Waals surface area contributed by atoms with Gasteiger partial charge in [0, 0.05) is 42.3 Å². The molecule has 2 aliphatic heterocycles. The molecule has 0 amide bonds. The molecular weight excluding hydrogens is 374 g/mol. The van der Waals surface area contributed by atoms with Gasteiger partial charge in [-0.2, -0.15) is 0 Å². The van der Waals surface area contributed by atoms with Gasteiger partial charge in [0.05, 0.1) is 12.6 Å². The van der Waals surface area contributed by atoms with Crippen molar-refractivity contribution in [2.24, 2.45) is 0 Å². The summed E-state index contributed by atoms with van der Waals surface area (Å²) in [6, 6.07) is 17.1. The molecule has 3 aromatic rings. The second-order valence-corrected chi connectivity index (χ2v) is 8.60. The van der Waals surface area contributed by atoms with Crippen LogP contribution in [0.2, 0.25) is 0 Å². The van der Waals surface area contributed by atoms with Gasteiger partial charge in [-0.05, 0) is 75.1 Å². The van der Waals surface area contributed by atoms with E-state index in [1.165, 1.54) is 28.2 Å². The Hall–Kier alpha value is -2.79. The molecule has 5 rings (SSSR count). The molecule has 0 spiro atoms. The zero-order valence-corrected chi connectivity index (χ0v) is 18.0. The van der Waals surface area contributed by atoms with E-state index in [-0.39, 0.29) is 11.6 Å². The van der Waals surface area contributed by atoms with Crippen molar-refractivity contribution in [3.05, 3.63) is 81.4 Å². The van der Waals surface area contributed by atoms with Crippen LogP contribution in [0, 0.1) is 20.8 Å². The maximum Gasteiger partial charge on any atom is 0.252 e. The predicted molar refractivity (Wildman–Crippen MR) is 120 cm³/mol. The monoisotopic (exact) mass is 403 g/mol. The van der Waals surface area contributed by atoms with Crippen LogP contribution in [-0.4, -0.2) is 28.4 Å². The predicted octanol–water partition coefficient (Wildman–Crippen LogP) is 4.30. The van der Waals surface area contributed by atoms with Gasteiger partial charge in [0.1, 0.15) is 5.82 Å². The molecule has 5 nitrogen and oxygen atoms in total. The topological polar surface area (TPSA) is 39.4 Å². The van der Waals surface area contributed by atoms with E-state index >= 15 is 0 Å². The Labute approximate surface area is 177 Å². The van der Waals surface area contributed by atoms with E-state index in [4.69, 9.17) is 4.74 Å². The fraction of sp³-hybridized carbons (Fsp3) is 0.400. The molecule has 4 heterocycles. The molecule has 5 heteroatoms. The SMILES string of the molecule is Cc1ccc(-n2c(C)ccc2C)cc1C1COCCC2CCn3c(cccc3=O)N21. The zero-order chi connectivity index (χ0) is 20.8. The number of anilines is 1. The van der Waals surface area contributed by atoms with Crippen molar-refractivity contribution < 1.29 is 4.74 Å². The molecule has 0 bridgehead atoms. The minimum atomic E-state index is 0.0823. The van der Waals surface area contributed by atoms with Crippen LogP contribution in [0.1, 0.15) is 41.4 Å². The quantitative estimate of drug-likeness (QED) is 0.640. The van der Waals surface area contributed by atoms with Crippen molar-refractivity contribution in [3.63, 3.8) is 0 Å². The van der Waals surface area contributed by atoms with Crippen molar-refractivity contribution in [1.29, 1.82) is 0 Å². The second-order valence-electron chi connectivity index (χ2n) is 8.60. The van der Waals surface area contributed by atoms with E-state index in [2.05, 4.69) is 66.6 Å². The molecule has 0 saturated carbocycles. The summed E-state index contributed by atoms with van der Waals surface area (Å²) in [6.07, 6.45) is 1.97. The van der Waals surface area contributed by atoms with Crippen molar-refractivity contribution >= 4 is 5.82 Å². The average Bonchev–Trinajstić information content (AvgIpc) is 2.95. The molecular formula is C25H29N3O2. The first-order chi connectivity index (χ1) is 14.5. The van der Waals surface area contributed by atoms with E-state index < -0.39 is 0 Å². The maximum absolute atomic E-state index is 12.5. The van der Waals surface area contributed by atoms with Gasteiger partial charge in [-0.25, -0.2) is 0 Å². The molecule has 0 aliphatic carbocycles. The van der Waals surface area contributed by atoms with E-state index in [0.29, 0.717) is 12.6 Å². The molecule has 2 atom stereocenters. The van der Waals surface area contributed by atoms with Crippen molar-refractivity contribution in [1.82, 2.24) is 9.13 Å². The van der Waals surface area contributed by atoms with Crippen molar-refractivity contribution in [2.45, 2.75) is 52.2 Å². The van der Waals surface area contributed by atoms with E-state index in [1.807, 2.05) is 10.6 Å². The smallest absolute Gasteiger partial charge is 0.252 e. The third-order valence-electron chi connectivity index (χ3n) is 6.73. The number of fused-ring (bicyclic) bond motifs is 3. The van der Waals surface area contributed by atoms with Gasteiger partial charge in [-0.1, -0.05) is 12.1 Å². The first-order valence-corrected chi connectivity index (χ1v) is 10.9. The Bertz CT molecular complexity index is 1120. The highest BCUT2D eigenvalue weighted by molar-refractivity contribution is 5.51. The number of benzene rings is 1. The lowest BCUT2D eigenvalue weighted by Gasteiger charge is -2.43. The number of rotatable bonds is 2. The van der Waals surface area contributed by atoms with Crippen molar-refractivity contribution in [2.75, 3.05) is 18.1 Å². The van der Waals surface area contributed by atoms with E-state index in [9.17, 15) is 4.79 Å². The molecule has 2 unspecified atom stereocenters. The number of aryl methyl sites for hydroxylation is 3. The third kappa shape index (κ3) is 3.08. The number of pyridine rings is 1. The molecule has 1 fully saturated rings. The minimum absolute atomic E-state index is 0.0823. The number of aromatic nitrogens is 2. The first-order valence-electron chi connectivity index (χ1n) is 10.9. The molecule has 30 heavy (non-hydrogen) atoms. The van der Waals surface area contributed by atoms with Crippen LogP contribution in [0.5, 0.6) is 0 Å². The summed E-state index contributed by atoms with van der Waals surface area (Å²) in [6.45, 7) is 8.64. The summed E-state index contributed by atoms with van der Waals surface area (Å²) in [5.74, 6) is 1.02. The lowest BCUT2D eigenvalue weighted by Crippen LogP contribution is -2.46. The Morgan fingerprint density at radius 1 is 0.967 bits per heavy atom. The number of hydrogen-bond donors (Lipinski definition) is 0. The van der Waals surface area contributed by atoms with Crippen LogP contribution in [0.3, 0.4) is 0 Å². The normalized spacial score (nSPS) is 21.1. The molecule has 1 saturated heterocycles. The van der Waals surface area contributed by atoms with Crippen LogP contribution in [-0.2, 0) is 11.3 Å². The van der Waals surface area contributed by atoms with Crippen molar-refractivity contribution in [3.8, 4) is 5.69 Å². The summed E-state index contributed by atoms with van der Waals surface area (Å²) in [5, 5.41) is 0. The van der Waals surface area contributed by atoms with Crippen LogP contribution in [0.4, 0.5) is 5.82 Å². The van der Waals surface area contributed by atoms with E-state index in [0.717, 1.165) is 31.8 Å². The summed E-state index contributed by atoms with van der Waals surface area (Å²) >= 11 is 0. The van der Waals surface area contributed by atoms with E-state index in [1.54, 1.807) is 6.07 Å². The van der Waals surface area contributed by atoms with Crippen LogP contribution in [0.15, 0.2) is 53.3 Å². The Kier molecular flexibility index (Phi) is 4.78. The molecule has 156 valence electrons. The Morgan fingerprint density at radius 3 is 2.57 bits per heavy atom. The van der Waals surface area contributed by atoms with Gasteiger partial charge in [-0.3, -0.25) is 9.36 Å². The molecule has 0 radical (unpaired) electrons. The van der Waals surface area contributed by atoms with Gasteiger partial charge >= 0.3 is 0 Å². The molecule has 2 aromatic heterocycles. The third-order valence-corrected chi connectivity index (χ3v) is 6.73. The molecule has 0 N–H and O–H groups in total. The number of ether oxygens (including phenoxy) is 1. The second kappa shape index (κ2) is 7.47. The highest BCUT2D eigenvalue weighted by Crippen LogP contribution is 2.38. The zero-order valence-electron chi connectivity index (χ0n) is 18.0. The molecule has 2 aliphatic rings. The fourth-order valence-corrected chi connectivity index (χ4v) is 5.20. The number of hydrogen-bond acceptors (Lipinski definition) is 3. The first kappa shape index (κ1) is 19.2.